The zero-order valence-corrected chi connectivity index (χ0v) is 14.2. The van der Waals surface area contributed by atoms with E-state index in [1.807, 2.05) is 0 Å². The van der Waals surface area contributed by atoms with Crippen LogP contribution in [0.25, 0.3) is 11.0 Å². The van der Waals surface area contributed by atoms with Crippen molar-refractivity contribution in [2.75, 3.05) is 4.72 Å². The summed E-state index contributed by atoms with van der Waals surface area (Å²) < 4.78 is 30.5. The van der Waals surface area contributed by atoms with Gasteiger partial charge in [0.15, 0.2) is 0 Å². The summed E-state index contributed by atoms with van der Waals surface area (Å²) in [5.41, 5.74) is 7.99. The van der Waals surface area contributed by atoms with Crippen LogP contribution in [0.1, 0.15) is 5.56 Å². The fourth-order valence-electron chi connectivity index (χ4n) is 2.59. The molecule has 1 aromatic heterocycles. The third-order valence-electron chi connectivity index (χ3n) is 3.99. The molecule has 8 heteroatoms. The Morgan fingerprint density at radius 2 is 1.62 bits per heavy atom. The topological polar surface area (TPSA) is 99.1 Å². The normalized spacial score (nSPS) is 11.8. The van der Waals surface area contributed by atoms with Crippen LogP contribution in [0.15, 0.2) is 52.2 Å². The summed E-state index contributed by atoms with van der Waals surface area (Å²) in [6, 6.07) is 11.4. The minimum absolute atomic E-state index is 0.154. The number of nitrogens with one attached hydrogen (secondary N) is 1. The fraction of sp³-hybridized carbons (Fsp3) is 0.188. The van der Waals surface area contributed by atoms with Crippen LogP contribution in [0.4, 0.5) is 5.69 Å². The Morgan fingerprint density at radius 1 is 1.00 bits per heavy atom. The van der Waals surface area contributed by atoms with E-state index in [-0.39, 0.29) is 10.6 Å². The fourth-order valence-corrected chi connectivity index (χ4v) is 3.64. The van der Waals surface area contributed by atoms with Gasteiger partial charge in [0.2, 0.25) is 0 Å². The van der Waals surface area contributed by atoms with E-state index < -0.39 is 10.0 Å². The maximum atomic E-state index is 12.5. The summed E-state index contributed by atoms with van der Waals surface area (Å²) in [6.07, 6.45) is 0. The molecule has 3 N–H and O–H groups in total. The number of rotatable bonds is 4. The molecule has 0 amide bonds. The molecule has 1 heterocycles. The molecule has 3 aromatic rings. The predicted octanol–water partition coefficient (Wildman–Crippen LogP) is 1.14. The second-order valence-corrected chi connectivity index (χ2v) is 7.24. The second kappa shape index (κ2) is 5.81. The first-order chi connectivity index (χ1) is 11.3. The molecular weight excluding hydrogens is 328 g/mol. The summed E-state index contributed by atoms with van der Waals surface area (Å²) in [5, 5.41) is 0. The Morgan fingerprint density at radius 3 is 2.25 bits per heavy atom. The largest absolute Gasteiger partial charge is 0.328 e. The molecule has 0 aliphatic heterocycles. The van der Waals surface area contributed by atoms with Gasteiger partial charge in [-0.2, -0.15) is 0 Å². The van der Waals surface area contributed by atoms with E-state index in [9.17, 15) is 13.2 Å². The third-order valence-corrected chi connectivity index (χ3v) is 5.39. The van der Waals surface area contributed by atoms with E-state index in [0.29, 0.717) is 17.7 Å². The van der Waals surface area contributed by atoms with E-state index in [0.717, 1.165) is 11.1 Å². The van der Waals surface area contributed by atoms with Gasteiger partial charge >= 0.3 is 5.69 Å². The number of hydrogen-bond donors (Lipinski definition) is 2. The van der Waals surface area contributed by atoms with Gasteiger partial charge in [0.1, 0.15) is 0 Å². The first kappa shape index (κ1) is 16.3. The smallest absolute Gasteiger partial charge is 0.326 e. The zero-order chi connectivity index (χ0) is 17.5. The van der Waals surface area contributed by atoms with Gasteiger partial charge in [0.25, 0.3) is 10.0 Å². The van der Waals surface area contributed by atoms with Crippen molar-refractivity contribution in [3.05, 3.63) is 58.5 Å². The van der Waals surface area contributed by atoms with Gasteiger partial charge in [-0.25, -0.2) is 13.2 Å². The molecule has 0 aliphatic carbocycles. The summed E-state index contributed by atoms with van der Waals surface area (Å²) >= 11 is 0. The van der Waals surface area contributed by atoms with Gasteiger partial charge < -0.3 is 5.73 Å². The van der Waals surface area contributed by atoms with E-state index >= 15 is 0 Å². The highest BCUT2D eigenvalue weighted by Gasteiger charge is 2.15. The van der Waals surface area contributed by atoms with Gasteiger partial charge in [0.05, 0.1) is 21.6 Å². The lowest BCUT2D eigenvalue weighted by Crippen LogP contribution is -2.19. The highest BCUT2D eigenvalue weighted by atomic mass is 32.2. The maximum absolute atomic E-state index is 12.5. The van der Waals surface area contributed by atoms with Crippen LogP contribution in [-0.4, -0.2) is 17.6 Å². The van der Waals surface area contributed by atoms with Crippen LogP contribution in [-0.2, 0) is 30.7 Å². The number of benzene rings is 2. The van der Waals surface area contributed by atoms with E-state index in [4.69, 9.17) is 5.73 Å². The number of fused-ring (bicyclic) bond motifs is 1. The molecule has 126 valence electrons. The van der Waals surface area contributed by atoms with Gasteiger partial charge in [0, 0.05) is 20.6 Å². The van der Waals surface area contributed by atoms with Crippen molar-refractivity contribution in [1.29, 1.82) is 0 Å². The Kier molecular flexibility index (Phi) is 3.94. The molecule has 0 spiro atoms. The highest BCUT2D eigenvalue weighted by molar-refractivity contribution is 7.92. The number of imidazole rings is 1. The Hall–Kier alpha value is -2.58. The first-order valence-electron chi connectivity index (χ1n) is 7.31. The molecule has 0 fully saturated rings. The molecule has 3 rings (SSSR count). The molecule has 2 aromatic carbocycles. The number of aryl methyl sites for hydroxylation is 2. The standard InChI is InChI=1S/C16H18N4O3S/c1-19-14-8-5-12(9-15(14)20(2)16(19)21)18-24(22,23)13-6-3-11(10-17)4-7-13/h3-9,18H,10,17H2,1-2H3. The number of nitrogens with zero attached hydrogens (tertiary/aromatic N) is 2. The van der Waals surface area contributed by atoms with E-state index in [1.165, 1.54) is 21.3 Å². The highest BCUT2D eigenvalue weighted by Crippen LogP contribution is 2.21. The Labute approximate surface area is 139 Å². The SMILES string of the molecule is Cn1c(=O)n(C)c2cc(NS(=O)(=O)c3ccc(CN)cc3)ccc21. The molecule has 24 heavy (non-hydrogen) atoms. The quantitative estimate of drug-likeness (QED) is 0.740. The van der Waals surface area contributed by atoms with Crippen LogP contribution in [0.2, 0.25) is 0 Å². The number of hydrogen-bond acceptors (Lipinski definition) is 4. The van der Waals surface area contributed by atoms with Crippen LogP contribution in [0, 0.1) is 0 Å². The molecule has 0 atom stereocenters. The molecule has 0 bridgehead atoms. The lowest BCUT2D eigenvalue weighted by molar-refractivity contribution is 0.601. The number of nitrogens with two attached hydrogens (primary N) is 1. The van der Waals surface area contributed by atoms with Crippen LogP contribution < -0.4 is 16.1 Å². The van der Waals surface area contributed by atoms with Crippen molar-refractivity contribution in [3.8, 4) is 0 Å². The number of anilines is 1. The monoisotopic (exact) mass is 346 g/mol. The van der Waals surface area contributed by atoms with Gasteiger partial charge in [-0.05, 0) is 35.9 Å². The number of sulfonamides is 1. The predicted molar refractivity (Wildman–Crippen MR) is 93.3 cm³/mol. The van der Waals surface area contributed by atoms with E-state index in [1.54, 1.807) is 44.4 Å². The molecule has 0 saturated heterocycles. The average molecular weight is 346 g/mol. The Bertz CT molecular complexity index is 1060. The molecule has 0 unspecified atom stereocenters. The van der Waals surface area contributed by atoms with Crippen molar-refractivity contribution in [1.82, 2.24) is 9.13 Å². The van der Waals surface area contributed by atoms with Crippen LogP contribution >= 0.6 is 0 Å². The summed E-state index contributed by atoms with van der Waals surface area (Å²) in [6.45, 7) is 0.354. The summed E-state index contributed by atoms with van der Waals surface area (Å²) in [4.78, 5) is 12.1. The van der Waals surface area contributed by atoms with Gasteiger partial charge in [-0.1, -0.05) is 12.1 Å². The molecule has 0 saturated carbocycles. The van der Waals surface area contributed by atoms with Crippen molar-refractivity contribution >= 4 is 26.7 Å². The third kappa shape index (κ3) is 2.70. The minimum Gasteiger partial charge on any atom is -0.326 e. The van der Waals surface area contributed by atoms with E-state index in [2.05, 4.69) is 4.72 Å². The molecule has 0 aliphatic rings. The summed E-state index contributed by atoms with van der Waals surface area (Å²) in [7, 11) is -0.387. The van der Waals surface area contributed by atoms with Gasteiger partial charge in [-0.15, -0.1) is 0 Å². The van der Waals surface area contributed by atoms with Crippen LogP contribution in [0.5, 0.6) is 0 Å². The van der Waals surface area contributed by atoms with Crippen molar-refractivity contribution in [2.45, 2.75) is 11.4 Å². The molecule has 7 nitrogen and oxygen atoms in total. The molecular formula is C16H18N4O3S. The van der Waals surface area contributed by atoms with Crippen molar-refractivity contribution < 1.29 is 8.42 Å². The zero-order valence-electron chi connectivity index (χ0n) is 13.4. The lowest BCUT2D eigenvalue weighted by atomic mass is 10.2. The minimum atomic E-state index is -3.71. The second-order valence-electron chi connectivity index (χ2n) is 5.56. The van der Waals surface area contributed by atoms with Crippen molar-refractivity contribution in [3.63, 3.8) is 0 Å². The molecule has 0 radical (unpaired) electrons. The van der Waals surface area contributed by atoms with Crippen LogP contribution in [0.3, 0.4) is 0 Å². The lowest BCUT2D eigenvalue weighted by Gasteiger charge is -2.09. The maximum Gasteiger partial charge on any atom is 0.328 e. The van der Waals surface area contributed by atoms with Gasteiger partial charge in [-0.3, -0.25) is 13.9 Å². The summed E-state index contributed by atoms with van der Waals surface area (Å²) in [5.74, 6) is 0. The van der Waals surface area contributed by atoms with Crippen molar-refractivity contribution in [2.24, 2.45) is 19.8 Å². The number of aromatic nitrogens is 2. The first-order valence-corrected chi connectivity index (χ1v) is 8.79. The average Bonchev–Trinajstić information content (AvgIpc) is 2.79. The Balaban J connectivity index is 1.98.